The quantitative estimate of drug-likeness (QED) is 0.903. The zero-order chi connectivity index (χ0) is 13.1. The molecule has 1 aromatic heterocycles. The number of nitrogen functional groups attached to an aromatic ring is 1. The van der Waals surface area contributed by atoms with E-state index in [1.165, 1.54) is 31.4 Å². The Labute approximate surface area is 103 Å². The van der Waals surface area contributed by atoms with Crippen LogP contribution < -0.4 is 15.2 Å². The molecule has 0 aliphatic heterocycles. The van der Waals surface area contributed by atoms with Crippen LogP contribution in [-0.2, 0) is 0 Å². The fraction of sp³-hybridized carbons (Fsp3) is 0.167. The molecule has 18 heavy (non-hydrogen) atoms. The second kappa shape index (κ2) is 4.87. The van der Waals surface area contributed by atoms with Gasteiger partial charge >= 0.3 is 0 Å². The van der Waals surface area contributed by atoms with Gasteiger partial charge in [-0.1, -0.05) is 0 Å². The summed E-state index contributed by atoms with van der Waals surface area (Å²) in [6.45, 7) is 1.74. The topological polar surface area (TPSA) is 70.3 Å². The summed E-state index contributed by atoms with van der Waals surface area (Å²) in [6, 6.07) is 5.70. The minimum atomic E-state index is -0.320. The minimum absolute atomic E-state index is 0.0455. The van der Waals surface area contributed by atoms with Crippen LogP contribution in [0, 0.1) is 12.7 Å². The highest BCUT2D eigenvalue weighted by Crippen LogP contribution is 2.26. The van der Waals surface area contributed by atoms with Crippen molar-refractivity contribution in [3.63, 3.8) is 0 Å². The molecule has 1 aromatic carbocycles. The van der Waals surface area contributed by atoms with Crippen LogP contribution in [0.3, 0.4) is 0 Å². The number of methoxy groups -OCH3 is 1. The molecule has 0 amide bonds. The first kappa shape index (κ1) is 12.1. The Bertz CT molecular complexity index is 575. The predicted octanol–water partition coefficient (Wildman–Crippen LogP) is 2.31. The van der Waals surface area contributed by atoms with Crippen molar-refractivity contribution in [2.24, 2.45) is 0 Å². The molecular weight excluding hydrogens is 237 g/mol. The first-order valence-corrected chi connectivity index (χ1v) is 5.21. The van der Waals surface area contributed by atoms with Gasteiger partial charge in [0.2, 0.25) is 17.7 Å². The molecular formula is C12H12FN3O2. The van der Waals surface area contributed by atoms with Gasteiger partial charge in [0.1, 0.15) is 11.6 Å². The van der Waals surface area contributed by atoms with Crippen molar-refractivity contribution >= 4 is 5.95 Å². The number of nitrogens with zero attached hydrogens (tertiary/aromatic N) is 2. The van der Waals surface area contributed by atoms with Crippen molar-refractivity contribution < 1.29 is 13.9 Å². The molecule has 6 heteroatoms. The smallest absolute Gasteiger partial charge is 0.227 e. The summed E-state index contributed by atoms with van der Waals surface area (Å²) in [5, 5.41) is 0. The lowest BCUT2D eigenvalue weighted by molar-refractivity contribution is 0.388. The van der Waals surface area contributed by atoms with Gasteiger partial charge in [0.25, 0.3) is 0 Å². The Morgan fingerprint density at radius 1 is 1.17 bits per heavy atom. The van der Waals surface area contributed by atoms with E-state index in [2.05, 4.69) is 9.97 Å². The van der Waals surface area contributed by atoms with Crippen LogP contribution in [0.2, 0.25) is 0 Å². The van der Waals surface area contributed by atoms with Crippen LogP contribution in [0.1, 0.15) is 5.56 Å². The Kier molecular flexibility index (Phi) is 3.27. The maximum atomic E-state index is 12.9. The lowest BCUT2D eigenvalue weighted by Gasteiger charge is -2.09. The number of benzene rings is 1. The summed E-state index contributed by atoms with van der Waals surface area (Å²) in [7, 11) is 1.47. The van der Waals surface area contributed by atoms with Crippen LogP contribution >= 0.6 is 0 Å². The van der Waals surface area contributed by atoms with Crippen molar-refractivity contribution in [3.05, 3.63) is 35.6 Å². The zero-order valence-corrected chi connectivity index (χ0v) is 9.98. The fourth-order valence-corrected chi connectivity index (χ4v) is 1.42. The van der Waals surface area contributed by atoms with Gasteiger partial charge in [-0.05, 0) is 30.7 Å². The van der Waals surface area contributed by atoms with Crippen LogP contribution in [0.4, 0.5) is 10.3 Å². The van der Waals surface area contributed by atoms with E-state index < -0.39 is 0 Å². The number of aryl methyl sites for hydroxylation is 1. The standard InChI is InChI=1S/C12H12FN3O2/c1-7-5-8(13)3-4-9(7)18-11-6-10(17-2)15-12(14)16-11/h3-6H,1-2H3,(H2,14,15,16). The summed E-state index contributed by atoms with van der Waals surface area (Å²) >= 11 is 0. The number of nitrogens with two attached hydrogens (primary N) is 1. The highest BCUT2D eigenvalue weighted by atomic mass is 19.1. The highest BCUT2D eigenvalue weighted by Gasteiger charge is 2.07. The van der Waals surface area contributed by atoms with Gasteiger partial charge in [-0.3, -0.25) is 0 Å². The molecule has 0 unspecified atom stereocenters. The van der Waals surface area contributed by atoms with E-state index in [1.54, 1.807) is 6.92 Å². The molecule has 0 spiro atoms. The molecule has 2 rings (SSSR count). The number of halogens is 1. The van der Waals surface area contributed by atoms with E-state index in [-0.39, 0.29) is 17.6 Å². The summed E-state index contributed by atoms with van der Waals surface area (Å²) in [4.78, 5) is 7.75. The summed E-state index contributed by atoms with van der Waals surface area (Å²) < 4.78 is 23.4. The van der Waals surface area contributed by atoms with E-state index >= 15 is 0 Å². The largest absolute Gasteiger partial charge is 0.481 e. The van der Waals surface area contributed by atoms with Gasteiger partial charge in [-0.2, -0.15) is 9.97 Å². The van der Waals surface area contributed by atoms with Gasteiger partial charge in [0, 0.05) is 0 Å². The molecule has 0 radical (unpaired) electrons. The molecule has 5 nitrogen and oxygen atoms in total. The van der Waals surface area contributed by atoms with Gasteiger partial charge in [-0.25, -0.2) is 4.39 Å². The third kappa shape index (κ3) is 2.65. The second-order valence-corrected chi connectivity index (χ2v) is 3.62. The Morgan fingerprint density at radius 3 is 2.56 bits per heavy atom. The van der Waals surface area contributed by atoms with Crippen LogP contribution in [0.15, 0.2) is 24.3 Å². The summed E-state index contributed by atoms with van der Waals surface area (Å²) in [6.07, 6.45) is 0. The number of hydrogen-bond donors (Lipinski definition) is 1. The normalized spacial score (nSPS) is 10.2. The third-order valence-electron chi connectivity index (χ3n) is 2.26. The second-order valence-electron chi connectivity index (χ2n) is 3.62. The van der Waals surface area contributed by atoms with E-state index in [1.807, 2.05) is 0 Å². The molecule has 94 valence electrons. The minimum Gasteiger partial charge on any atom is -0.481 e. The Morgan fingerprint density at radius 2 is 1.89 bits per heavy atom. The Balaban J connectivity index is 2.30. The lowest BCUT2D eigenvalue weighted by atomic mass is 10.2. The maximum Gasteiger partial charge on any atom is 0.227 e. The summed E-state index contributed by atoms with van der Waals surface area (Å²) in [5.74, 6) is 0.770. The first-order valence-electron chi connectivity index (χ1n) is 5.21. The van der Waals surface area contributed by atoms with Crippen molar-refractivity contribution in [1.29, 1.82) is 0 Å². The zero-order valence-electron chi connectivity index (χ0n) is 9.98. The number of ether oxygens (including phenoxy) is 2. The lowest BCUT2D eigenvalue weighted by Crippen LogP contribution is -2.00. The SMILES string of the molecule is COc1cc(Oc2ccc(F)cc2C)nc(N)n1. The van der Waals surface area contributed by atoms with Crippen molar-refractivity contribution in [3.8, 4) is 17.5 Å². The van der Waals surface area contributed by atoms with Gasteiger partial charge in [0.05, 0.1) is 13.2 Å². The van der Waals surface area contributed by atoms with Gasteiger partial charge in [0.15, 0.2) is 0 Å². The molecule has 0 atom stereocenters. The number of anilines is 1. The fourth-order valence-electron chi connectivity index (χ4n) is 1.42. The highest BCUT2D eigenvalue weighted by molar-refractivity contribution is 5.37. The monoisotopic (exact) mass is 249 g/mol. The van der Waals surface area contributed by atoms with E-state index in [0.29, 0.717) is 17.2 Å². The average Bonchev–Trinajstić information content (AvgIpc) is 2.32. The molecule has 0 bridgehead atoms. The molecule has 0 saturated carbocycles. The van der Waals surface area contributed by atoms with Crippen LogP contribution in [-0.4, -0.2) is 17.1 Å². The van der Waals surface area contributed by atoms with Crippen molar-refractivity contribution in [2.75, 3.05) is 12.8 Å². The third-order valence-corrected chi connectivity index (χ3v) is 2.26. The molecule has 2 N–H and O–H groups in total. The van der Waals surface area contributed by atoms with Gasteiger partial charge in [-0.15, -0.1) is 0 Å². The van der Waals surface area contributed by atoms with Gasteiger partial charge < -0.3 is 15.2 Å². The number of hydrogen-bond acceptors (Lipinski definition) is 5. The summed E-state index contributed by atoms with van der Waals surface area (Å²) in [5.41, 5.74) is 6.17. The predicted molar refractivity (Wildman–Crippen MR) is 64.2 cm³/mol. The van der Waals surface area contributed by atoms with E-state index in [0.717, 1.165) is 0 Å². The maximum absolute atomic E-state index is 12.9. The van der Waals surface area contributed by atoms with Crippen LogP contribution in [0.5, 0.6) is 17.5 Å². The van der Waals surface area contributed by atoms with E-state index in [4.69, 9.17) is 15.2 Å². The molecule has 0 fully saturated rings. The number of rotatable bonds is 3. The number of aromatic nitrogens is 2. The molecule has 0 aliphatic carbocycles. The van der Waals surface area contributed by atoms with Crippen molar-refractivity contribution in [1.82, 2.24) is 9.97 Å². The van der Waals surface area contributed by atoms with Crippen molar-refractivity contribution in [2.45, 2.75) is 6.92 Å². The first-order chi connectivity index (χ1) is 8.58. The molecule has 2 aromatic rings. The average molecular weight is 249 g/mol. The van der Waals surface area contributed by atoms with E-state index in [9.17, 15) is 4.39 Å². The molecule has 1 heterocycles. The molecule has 0 saturated heterocycles. The van der Waals surface area contributed by atoms with Crippen LogP contribution in [0.25, 0.3) is 0 Å². The Hall–Kier alpha value is -2.37. The molecule has 0 aliphatic rings.